The molecule has 3 aromatic rings. The van der Waals surface area contributed by atoms with Gasteiger partial charge in [-0.25, -0.2) is 0 Å². The Hall–Kier alpha value is -2.61. The quantitative estimate of drug-likeness (QED) is 0.650. The topological polar surface area (TPSA) is 85.8 Å². The van der Waals surface area contributed by atoms with Crippen LogP contribution in [0.3, 0.4) is 0 Å². The van der Waals surface area contributed by atoms with E-state index in [0.717, 1.165) is 4.90 Å². The van der Waals surface area contributed by atoms with Gasteiger partial charge in [0, 0.05) is 29.3 Å². The molecule has 3 rings (SSSR count). The maximum Gasteiger partial charge on any atom is 0.322 e. The number of carbonyl (C=O) groups excluding carboxylic acids is 1. The summed E-state index contributed by atoms with van der Waals surface area (Å²) in [5.41, 5.74) is 0.585. The van der Waals surface area contributed by atoms with Crippen LogP contribution in [0.2, 0.25) is 0 Å². The van der Waals surface area contributed by atoms with Crippen molar-refractivity contribution in [2.45, 2.75) is 31.2 Å². The summed E-state index contributed by atoms with van der Waals surface area (Å²) in [5, 5.41) is 14.8. The number of nitrogens with zero attached hydrogens (tertiary/aromatic N) is 4. The maximum atomic E-state index is 12.0. The summed E-state index contributed by atoms with van der Waals surface area (Å²) in [6.45, 7) is 4.06. The predicted octanol–water partition coefficient (Wildman–Crippen LogP) is 3.63. The molecule has 2 aromatic heterocycles. The molecule has 1 amide bonds. The van der Waals surface area contributed by atoms with Gasteiger partial charge in [-0.2, -0.15) is 5.10 Å². The van der Waals surface area contributed by atoms with Crippen molar-refractivity contribution in [2.24, 2.45) is 0 Å². The Bertz CT molecular complexity index is 828. The molecule has 0 saturated carbocycles. The second-order valence-corrected chi connectivity index (χ2v) is 6.82. The summed E-state index contributed by atoms with van der Waals surface area (Å²) >= 11 is 1.63. The first-order valence-corrected chi connectivity index (χ1v) is 8.97. The average Bonchev–Trinajstić information content (AvgIpc) is 3.25. The monoisotopic (exact) mass is 357 g/mol. The van der Waals surface area contributed by atoms with Gasteiger partial charge in [-0.05, 0) is 32.0 Å². The summed E-state index contributed by atoms with van der Waals surface area (Å²) in [6, 6.07) is 12.1. The third-order valence-electron chi connectivity index (χ3n) is 3.37. The number of anilines is 1. The fraction of sp³-hybridized carbons (Fsp3) is 0.294. The highest BCUT2D eigenvalue weighted by molar-refractivity contribution is 7.99. The summed E-state index contributed by atoms with van der Waals surface area (Å²) in [7, 11) is 0. The van der Waals surface area contributed by atoms with Crippen molar-refractivity contribution in [1.29, 1.82) is 0 Å². The number of carbonyl (C=O) groups is 1. The van der Waals surface area contributed by atoms with Crippen LogP contribution in [0.5, 0.6) is 0 Å². The molecule has 1 N–H and O–H groups in total. The van der Waals surface area contributed by atoms with Crippen LogP contribution >= 0.6 is 11.8 Å². The molecule has 2 heterocycles. The molecule has 0 bridgehead atoms. The van der Waals surface area contributed by atoms with Crippen LogP contribution in [0.4, 0.5) is 6.01 Å². The Morgan fingerprint density at radius 2 is 2.04 bits per heavy atom. The van der Waals surface area contributed by atoms with Crippen LogP contribution < -0.4 is 5.32 Å². The van der Waals surface area contributed by atoms with Gasteiger partial charge in [0.1, 0.15) is 5.69 Å². The number of hydrogen-bond acceptors (Lipinski definition) is 6. The van der Waals surface area contributed by atoms with E-state index in [0.29, 0.717) is 17.9 Å². The second-order valence-electron chi connectivity index (χ2n) is 5.65. The first-order chi connectivity index (χ1) is 12.1. The lowest BCUT2D eigenvalue weighted by Crippen LogP contribution is -2.12. The Morgan fingerprint density at radius 1 is 1.24 bits per heavy atom. The first-order valence-electron chi connectivity index (χ1n) is 7.98. The van der Waals surface area contributed by atoms with Gasteiger partial charge in [0.15, 0.2) is 0 Å². The third kappa shape index (κ3) is 4.69. The second kappa shape index (κ2) is 7.98. The molecule has 0 saturated heterocycles. The summed E-state index contributed by atoms with van der Waals surface area (Å²) in [5.74, 6) is 0.801. The standard InChI is InChI=1S/C17H19N5O2S/c1-12(2)22-10-8-14(21-22)16-19-20-17(24-16)18-15(23)9-11-25-13-6-4-3-5-7-13/h3-8,10,12H,9,11H2,1-2H3,(H,18,20,23). The van der Waals surface area contributed by atoms with Crippen LogP contribution in [0.15, 0.2) is 51.9 Å². The van der Waals surface area contributed by atoms with Crippen LogP contribution in [0.1, 0.15) is 26.3 Å². The first kappa shape index (κ1) is 17.2. The molecule has 7 nitrogen and oxygen atoms in total. The molecular weight excluding hydrogens is 338 g/mol. The van der Waals surface area contributed by atoms with Crippen LogP contribution in [-0.4, -0.2) is 31.6 Å². The van der Waals surface area contributed by atoms with E-state index in [1.54, 1.807) is 22.5 Å². The molecule has 0 aliphatic carbocycles. The van der Waals surface area contributed by atoms with Gasteiger partial charge in [0.2, 0.25) is 5.91 Å². The molecule has 0 fully saturated rings. The summed E-state index contributed by atoms with van der Waals surface area (Å²) < 4.78 is 7.27. The number of aromatic nitrogens is 4. The van der Waals surface area contributed by atoms with E-state index in [4.69, 9.17) is 4.42 Å². The largest absolute Gasteiger partial charge is 0.401 e. The number of hydrogen-bond donors (Lipinski definition) is 1. The Kier molecular flexibility index (Phi) is 5.49. The number of benzene rings is 1. The van der Waals surface area contributed by atoms with E-state index in [9.17, 15) is 4.79 Å². The van der Waals surface area contributed by atoms with Gasteiger partial charge < -0.3 is 4.42 Å². The zero-order valence-electron chi connectivity index (χ0n) is 14.0. The van der Waals surface area contributed by atoms with Crippen molar-refractivity contribution in [3.8, 4) is 11.6 Å². The third-order valence-corrected chi connectivity index (χ3v) is 4.38. The Labute approximate surface area is 149 Å². The van der Waals surface area contributed by atoms with E-state index in [1.807, 2.05) is 50.4 Å². The number of nitrogens with one attached hydrogen (secondary N) is 1. The molecule has 0 aliphatic heterocycles. The van der Waals surface area contributed by atoms with Crippen molar-refractivity contribution in [2.75, 3.05) is 11.1 Å². The molecule has 25 heavy (non-hydrogen) atoms. The zero-order valence-corrected chi connectivity index (χ0v) is 14.9. The van der Waals surface area contributed by atoms with E-state index in [1.165, 1.54) is 0 Å². The molecule has 130 valence electrons. The van der Waals surface area contributed by atoms with E-state index >= 15 is 0 Å². The number of rotatable bonds is 7. The lowest BCUT2D eigenvalue weighted by atomic mass is 10.4. The normalized spacial score (nSPS) is 11.0. The van der Waals surface area contributed by atoms with Gasteiger partial charge in [0.25, 0.3) is 5.89 Å². The minimum absolute atomic E-state index is 0.0869. The smallest absolute Gasteiger partial charge is 0.322 e. The SMILES string of the molecule is CC(C)n1ccc(-c2nnc(NC(=O)CCSc3ccccc3)o2)n1. The van der Waals surface area contributed by atoms with Crippen LogP contribution in [-0.2, 0) is 4.79 Å². The van der Waals surface area contributed by atoms with Gasteiger partial charge in [-0.1, -0.05) is 23.3 Å². The molecule has 0 aliphatic rings. The van der Waals surface area contributed by atoms with Gasteiger partial charge in [-0.15, -0.1) is 16.9 Å². The van der Waals surface area contributed by atoms with Crippen molar-refractivity contribution in [3.63, 3.8) is 0 Å². The predicted molar refractivity (Wildman–Crippen MR) is 96.3 cm³/mol. The van der Waals surface area contributed by atoms with Crippen LogP contribution in [0, 0.1) is 0 Å². The highest BCUT2D eigenvalue weighted by atomic mass is 32.2. The minimum Gasteiger partial charge on any atom is -0.401 e. The van der Waals surface area contributed by atoms with Crippen molar-refractivity contribution in [1.82, 2.24) is 20.0 Å². The van der Waals surface area contributed by atoms with E-state index in [2.05, 4.69) is 20.6 Å². The molecule has 0 atom stereocenters. The summed E-state index contributed by atoms with van der Waals surface area (Å²) in [4.78, 5) is 13.1. The Morgan fingerprint density at radius 3 is 2.76 bits per heavy atom. The highest BCUT2D eigenvalue weighted by Crippen LogP contribution is 2.20. The van der Waals surface area contributed by atoms with Crippen LogP contribution in [0.25, 0.3) is 11.6 Å². The van der Waals surface area contributed by atoms with Gasteiger partial charge in [0.05, 0.1) is 0 Å². The molecule has 0 unspecified atom stereocenters. The highest BCUT2D eigenvalue weighted by Gasteiger charge is 2.14. The van der Waals surface area contributed by atoms with E-state index < -0.39 is 0 Å². The van der Waals surface area contributed by atoms with Gasteiger partial charge >= 0.3 is 6.01 Å². The van der Waals surface area contributed by atoms with E-state index in [-0.39, 0.29) is 23.9 Å². The molecular formula is C17H19N5O2S. The minimum atomic E-state index is -0.161. The number of amides is 1. The van der Waals surface area contributed by atoms with Gasteiger partial charge in [-0.3, -0.25) is 14.8 Å². The fourth-order valence-corrected chi connectivity index (χ4v) is 2.95. The van der Waals surface area contributed by atoms with Crippen molar-refractivity contribution < 1.29 is 9.21 Å². The average molecular weight is 357 g/mol. The van der Waals surface area contributed by atoms with Crippen molar-refractivity contribution >= 4 is 23.7 Å². The number of thioether (sulfide) groups is 1. The molecule has 1 aromatic carbocycles. The lowest BCUT2D eigenvalue weighted by molar-refractivity contribution is -0.115. The zero-order chi connectivity index (χ0) is 17.6. The molecule has 8 heteroatoms. The maximum absolute atomic E-state index is 12.0. The molecule has 0 spiro atoms. The lowest BCUT2D eigenvalue weighted by Gasteiger charge is -2.02. The van der Waals surface area contributed by atoms with Crippen molar-refractivity contribution in [3.05, 3.63) is 42.6 Å². The Balaban J connectivity index is 1.51. The fourth-order valence-electron chi connectivity index (χ4n) is 2.08. The summed E-state index contributed by atoms with van der Waals surface area (Å²) in [6.07, 6.45) is 2.21. The molecule has 0 radical (unpaired) electrons.